The van der Waals surface area contributed by atoms with Crippen molar-refractivity contribution in [3.8, 4) is 5.75 Å². The van der Waals surface area contributed by atoms with Crippen LogP contribution >= 0.6 is 0 Å². The molecule has 0 bridgehead atoms. The summed E-state index contributed by atoms with van der Waals surface area (Å²) in [6.45, 7) is -3.09. The second-order valence-electron chi connectivity index (χ2n) is 2.66. The number of ether oxygens (including phenoxy) is 1. The number of benzene rings is 1. The lowest BCUT2D eigenvalue weighted by Gasteiger charge is -2.10. The highest BCUT2D eigenvalue weighted by atomic mass is 19.3. The third kappa shape index (κ3) is 2.46. The highest BCUT2D eigenvalue weighted by Gasteiger charge is 2.14. The van der Waals surface area contributed by atoms with Gasteiger partial charge in [-0.25, -0.2) is 4.79 Å². The van der Waals surface area contributed by atoms with Gasteiger partial charge in [0.25, 0.3) is 0 Å². The van der Waals surface area contributed by atoms with Gasteiger partial charge < -0.3 is 21.3 Å². The van der Waals surface area contributed by atoms with Gasteiger partial charge in [0.2, 0.25) is 0 Å². The van der Waals surface area contributed by atoms with Gasteiger partial charge in [0.05, 0.1) is 16.9 Å². The molecule has 0 unspecified atom stereocenters. The number of carboxylic acid groups (broad SMARTS) is 1. The van der Waals surface area contributed by atoms with Gasteiger partial charge in [0, 0.05) is 0 Å². The first-order valence-corrected chi connectivity index (χ1v) is 3.79. The summed E-state index contributed by atoms with van der Waals surface area (Å²) in [6, 6.07) is 1.95. The number of hydrogen-bond acceptors (Lipinski definition) is 4. The molecule has 15 heavy (non-hydrogen) atoms. The number of aromatic carboxylic acids is 1. The molecule has 1 rings (SSSR count). The van der Waals surface area contributed by atoms with Crippen LogP contribution in [0.25, 0.3) is 0 Å². The Balaban J connectivity index is 3.19. The topological polar surface area (TPSA) is 98.6 Å². The number of carboxylic acids is 1. The standard InChI is InChI=1S/C8H8F2N2O3/c9-8(10)15-5-2-3(7(13)14)1-4(11)6(5)12/h1-2,8H,11-12H2,(H,13,14). The number of rotatable bonds is 3. The van der Waals surface area contributed by atoms with E-state index in [-0.39, 0.29) is 16.9 Å². The maximum Gasteiger partial charge on any atom is 0.387 e. The first-order chi connectivity index (χ1) is 6.91. The summed E-state index contributed by atoms with van der Waals surface area (Å²) >= 11 is 0. The van der Waals surface area contributed by atoms with E-state index in [0.29, 0.717) is 0 Å². The van der Waals surface area contributed by atoms with Crippen LogP contribution in [-0.4, -0.2) is 17.7 Å². The fourth-order valence-electron chi connectivity index (χ4n) is 0.965. The van der Waals surface area contributed by atoms with E-state index >= 15 is 0 Å². The van der Waals surface area contributed by atoms with Crippen molar-refractivity contribution < 1.29 is 23.4 Å². The molecule has 82 valence electrons. The molecule has 0 spiro atoms. The van der Waals surface area contributed by atoms with Crippen LogP contribution in [0.5, 0.6) is 5.75 Å². The van der Waals surface area contributed by atoms with Crippen molar-refractivity contribution in [1.82, 2.24) is 0 Å². The second kappa shape index (κ2) is 3.99. The maximum atomic E-state index is 11.9. The van der Waals surface area contributed by atoms with Gasteiger partial charge in [-0.15, -0.1) is 0 Å². The van der Waals surface area contributed by atoms with E-state index in [2.05, 4.69) is 4.74 Å². The molecule has 5 nitrogen and oxygen atoms in total. The van der Waals surface area contributed by atoms with Crippen LogP contribution in [0, 0.1) is 0 Å². The van der Waals surface area contributed by atoms with Crippen LogP contribution in [-0.2, 0) is 0 Å². The van der Waals surface area contributed by atoms with E-state index in [0.717, 1.165) is 12.1 Å². The lowest BCUT2D eigenvalue weighted by atomic mass is 10.1. The average Bonchev–Trinajstić information content (AvgIpc) is 2.11. The summed E-state index contributed by atoms with van der Waals surface area (Å²) in [4.78, 5) is 10.6. The van der Waals surface area contributed by atoms with E-state index in [1.54, 1.807) is 0 Å². The van der Waals surface area contributed by atoms with Gasteiger partial charge in [-0.05, 0) is 12.1 Å². The second-order valence-corrected chi connectivity index (χ2v) is 2.66. The zero-order valence-electron chi connectivity index (χ0n) is 7.41. The van der Waals surface area contributed by atoms with Gasteiger partial charge >= 0.3 is 12.6 Å². The number of carbonyl (C=O) groups is 1. The maximum absolute atomic E-state index is 11.9. The Hall–Kier alpha value is -2.05. The third-order valence-corrected chi connectivity index (χ3v) is 1.64. The van der Waals surface area contributed by atoms with Gasteiger partial charge in [-0.1, -0.05) is 0 Å². The summed E-state index contributed by atoms with van der Waals surface area (Å²) in [5.41, 5.74) is 10.1. The van der Waals surface area contributed by atoms with Crippen molar-refractivity contribution in [2.45, 2.75) is 6.61 Å². The molecule has 5 N–H and O–H groups in total. The molecule has 7 heteroatoms. The fourth-order valence-corrected chi connectivity index (χ4v) is 0.965. The highest BCUT2D eigenvalue weighted by molar-refractivity contribution is 5.91. The van der Waals surface area contributed by atoms with Crippen LogP contribution in [0.15, 0.2) is 12.1 Å². The molecule has 0 radical (unpaired) electrons. The van der Waals surface area contributed by atoms with E-state index in [1.165, 1.54) is 0 Å². The highest BCUT2D eigenvalue weighted by Crippen LogP contribution is 2.30. The summed E-state index contributed by atoms with van der Waals surface area (Å²) in [6.07, 6.45) is 0. The molecule has 0 aliphatic heterocycles. The molecular formula is C8H8F2N2O3. The number of anilines is 2. The number of nitrogens with two attached hydrogens (primary N) is 2. The summed E-state index contributed by atoms with van der Waals surface area (Å²) in [5, 5.41) is 8.62. The quantitative estimate of drug-likeness (QED) is 0.661. The Morgan fingerprint density at radius 1 is 1.40 bits per heavy atom. The SMILES string of the molecule is Nc1cc(C(=O)O)cc(OC(F)F)c1N. The Morgan fingerprint density at radius 2 is 2.00 bits per heavy atom. The zero-order chi connectivity index (χ0) is 11.6. The van der Waals surface area contributed by atoms with Crippen molar-refractivity contribution in [2.75, 3.05) is 11.5 Å². The van der Waals surface area contributed by atoms with E-state index in [9.17, 15) is 13.6 Å². The minimum atomic E-state index is -3.09. The molecule has 1 aromatic carbocycles. The number of nitrogen functional groups attached to an aromatic ring is 2. The van der Waals surface area contributed by atoms with E-state index in [4.69, 9.17) is 16.6 Å². The summed E-state index contributed by atoms with van der Waals surface area (Å²) in [5.74, 6) is -1.75. The summed E-state index contributed by atoms with van der Waals surface area (Å²) in [7, 11) is 0. The fraction of sp³-hybridized carbons (Fsp3) is 0.125. The largest absolute Gasteiger partial charge is 0.478 e. The summed E-state index contributed by atoms with van der Waals surface area (Å²) < 4.78 is 27.8. The Kier molecular flexibility index (Phi) is 2.93. The monoisotopic (exact) mass is 218 g/mol. The molecular weight excluding hydrogens is 210 g/mol. The molecule has 0 saturated carbocycles. The van der Waals surface area contributed by atoms with Crippen LogP contribution < -0.4 is 16.2 Å². The number of halogens is 2. The Labute approximate surface area is 83.2 Å². The minimum Gasteiger partial charge on any atom is -0.478 e. The predicted molar refractivity (Wildman–Crippen MR) is 48.9 cm³/mol. The molecule has 0 aliphatic rings. The molecule has 0 aromatic heterocycles. The van der Waals surface area contributed by atoms with E-state index < -0.39 is 18.3 Å². The third-order valence-electron chi connectivity index (χ3n) is 1.64. The predicted octanol–water partition coefficient (Wildman–Crippen LogP) is 1.15. The van der Waals surface area contributed by atoms with Gasteiger partial charge in [0.1, 0.15) is 0 Å². The van der Waals surface area contributed by atoms with E-state index in [1.807, 2.05) is 0 Å². The number of alkyl halides is 2. The van der Waals surface area contributed by atoms with Crippen molar-refractivity contribution in [1.29, 1.82) is 0 Å². The first-order valence-electron chi connectivity index (χ1n) is 3.79. The lowest BCUT2D eigenvalue weighted by molar-refractivity contribution is -0.0493. The average molecular weight is 218 g/mol. The van der Waals surface area contributed by atoms with Crippen LogP contribution in [0.2, 0.25) is 0 Å². The smallest absolute Gasteiger partial charge is 0.387 e. The van der Waals surface area contributed by atoms with Crippen LogP contribution in [0.1, 0.15) is 10.4 Å². The molecule has 1 aromatic rings. The Morgan fingerprint density at radius 3 is 2.47 bits per heavy atom. The minimum absolute atomic E-state index is 0.120. The van der Waals surface area contributed by atoms with Crippen molar-refractivity contribution in [3.63, 3.8) is 0 Å². The van der Waals surface area contributed by atoms with Crippen LogP contribution in [0.4, 0.5) is 20.2 Å². The van der Waals surface area contributed by atoms with Crippen molar-refractivity contribution in [3.05, 3.63) is 17.7 Å². The van der Waals surface area contributed by atoms with Crippen molar-refractivity contribution >= 4 is 17.3 Å². The lowest BCUT2D eigenvalue weighted by Crippen LogP contribution is -2.08. The first kappa shape index (κ1) is 11.0. The van der Waals surface area contributed by atoms with Crippen LogP contribution in [0.3, 0.4) is 0 Å². The molecule has 0 amide bonds. The zero-order valence-corrected chi connectivity index (χ0v) is 7.41. The molecule has 0 fully saturated rings. The Bertz CT molecular complexity index is 396. The van der Waals surface area contributed by atoms with Gasteiger partial charge in [-0.2, -0.15) is 8.78 Å². The van der Waals surface area contributed by atoms with Gasteiger partial charge in [-0.3, -0.25) is 0 Å². The molecule has 0 atom stereocenters. The normalized spacial score (nSPS) is 10.3. The molecule has 0 saturated heterocycles. The van der Waals surface area contributed by atoms with Crippen molar-refractivity contribution in [2.24, 2.45) is 0 Å². The molecule has 0 heterocycles. The van der Waals surface area contributed by atoms with Gasteiger partial charge in [0.15, 0.2) is 5.75 Å². The number of hydrogen-bond donors (Lipinski definition) is 3. The molecule has 0 aliphatic carbocycles.